The molecule has 0 unspecified atom stereocenters. The van der Waals surface area contributed by atoms with Gasteiger partial charge in [0.2, 0.25) is 0 Å². The predicted octanol–water partition coefficient (Wildman–Crippen LogP) is 2.13. The summed E-state index contributed by atoms with van der Waals surface area (Å²) in [6, 6.07) is 1.82. The van der Waals surface area contributed by atoms with Crippen LogP contribution in [0.4, 0.5) is 0 Å². The number of aryl methyl sites for hydroxylation is 1. The van der Waals surface area contributed by atoms with Gasteiger partial charge in [0.05, 0.1) is 17.5 Å². The summed E-state index contributed by atoms with van der Waals surface area (Å²) < 4.78 is 6.78. The Labute approximate surface area is 116 Å². The number of aromatic nitrogens is 4. The highest BCUT2D eigenvalue weighted by Gasteiger charge is 2.36. The van der Waals surface area contributed by atoms with Crippen molar-refractivity contribution in [2.75, 3.05) is 0 Å². The Morgan fingerprint density at radius 3 is 2.65 bits per heavy atom. The lowest BCUT2D eigenvalue weighted by atomic mass is 9.82. The zero-order valence-electron chi connectivity index (χ0n) is 11.8. The molecular formula is C13H18N4O3. The van der Waals surface area contributed by atoms with Crippen molar-refractivity contribution in [1.29, 1.82) is 0 Å². The van der Waals surface area contributed by atoms with Crippen LogP contribution in [0, 0.1) is 12.3 Å². The van der Waals surface area contributed by atoms with E-state index in [1.807, 2.05) is 26.8 Å². The van der Waals surface area contributed by atoms with Gasteiger partial charge in [0.25, 0.3) is 0 Å². The maximum Gasteiger partial charge on any atom is 0.311 e. The molecule has 2 rings (SSSR count). The van der Waals surface area contributed by atoms with Gasteiger partial charge >= 0.3 is 5.97 Å². The van der Waals surface area contributed by atoms with Crippen molar-refractivity contribution in [3.8, 4) is 11.4 Å². The van der Waals surface area contributed by atoms with Gasteiger partial charge in [0, 0.05) is 0 Å². The molecule has 0 aromatic carbocycles. The van der Waals surface area contributed by atoms with Crippen LogP contribution in [0.5, 0.6) is 0 Å². The molecule has 0 amide bonds. The molecule has 0 saturated heterocycles. The lowest BCUT2D eigenvalue weighted by Crippen LogP contribution is -2.35. The zero-order valence-corrected chi connectivity index (χ0v) is 11.8. The number of hydrogen-bond donors (Lipinski definition) is 1. The van der Waals surface area contributed by atoms with Crippen LogP contribution in [-0.2, 0) is 11.3 Å². The highest BCUT2D eigenvalue weighted by atomic mass is 16.4. The number of carboxylic acids is 1. The largest absolute Gasteiger partial charge is 0.481 e. The molecule has 2 heterocycles. The number of aliphatic carboxylic acids is 1. The average Bonchev–Trinajstić information content (AvgIpc) is 3.04. The zero-order chi connectivity index (χ0) is 14.8. The second kappa shape index (κ2) is 5.44. The van der Waals surface area contributed by atoms with Gasteiger partial charge < -0.3 is 9.52 Å². The number of carboxylic acid groups (broad SMARTS) is 1. The van der Waals surface area contributed by atoms with Crippen LogP contribution in [0.1, 0.15) is 32.4 Å². The van der Waals surface area contributed by atoms with Crippen molar-refractivity contribution < 1.29 is 14.3 Å². The third-order valence-electron chi connectivity index (χ3n) is 3.78. The van der Waals surface area contributed by atoms with Gasteiger partial charge in [-0.15, -0.1) is 5.10 Å². The molecule has 0 saturated carbocycles. The van der Waals surface area contributed by atoms with Crippen LogP contribution in [0.2, 0.25) is 0 Å². The molecule has 0 bridgehead atoms. The van der Waals surface area contributed by atoms with E-state index in [0.29, 0.717) is 18.7 Å². The minimum atomic E-state index is -0.858. The molecule has 7 heteroatoms. The molecule has 0 aliphatic carbocycles. The Morgan fingerprint density at radius 1 is 1.45 bits per heavy atom. The fourth-order valence-corrected chi connectivity index (χ4v) is 2.21. The minimum absolute atomic E-state index is 0.238. The molecule has 0 fully saturated rings. The summed E-state index contributed by atoms with van der Waals surface area (Å²) in [4.78, 5) is 11.6. The lowest BCUT2D eigenvalue weighted by molar-refractivity contribution is -0.150. The fourth-order valence-electron chi connectivity index (χ4n) is 2.21. The molecule has 20 heavy (non-hydrogen) atoms. The van der Waals surface area contributed by atoms with Crippen LogP contribution < -0.4 is 0 Å². The van der Waals surface area contributed by atoms with Crippen LogP contribution in [-0.4, -0.2) is 31.3 Å². The first-order valence-electron chi connectivity index (χ1n) is 6.57. The van der Waals surface area contributed by atoms with Gasteiger partial charge in [0.1, 0.15) is 12.0 Å². The highest BCUT2D eigenvalue weighted by molar-refractivity contribution is 5.74. The number of nitrogens with zero attached hydrogens (tertiary/aromatic N) is 4. The van der Waals surface area contributed by atoms with E-state index in [-0.39, 0.29) is 6.54 Å². The number of hydrogen-bond acceptors (Lipinski definition) is 5. The number of carbonyl (C=O) groups is 1. The van der Waals surface area contributed by atoms with Gasteiger partial charge in [-0.1, -0.05) is 13.8 Å². The Morgan fingerprint density at radius 2 is 2.15 bits per heavy atom. The highest BCUT2D eigenvalue weighted by Crippen LogP contribution is 2.30. The molecule has 108 valence electrons. The molecule has 7 nitrogen and oxygen atoms in total. The Kier molecular flexibility index (Phi) is 3.87. The predicted molar refractivity (Wildman–Crippen MR) is 70.9 cm³/mol. The SMILES string of the molecule is CCC(CC)(Cn1nnnc1-c1coc(C)c1)C(=O)O. The second-order valence-corrected chi connectivity index (χ2v) is 4.90. The first-order chi connectivity index (χ1) is 9.52. The lowest BCUT2D eigenvalue weighted by Gasteiger charge is -2.26. The first kappa shape index (κ1) is 14.2. The van der Waals surface area contributed by atoms with Gasteiger partial charge in [-0.2, -0.15) is 0 Å². The van der Waals surface area contributed by atoms with Crippen molar-refractivity contribution in [3.63, 3.8) is 0 Å². The molecule has 2 aromatic rings. The number of rotatable bonds is 6. The third kappa shape index (κ3) is 2.43. The van der Waals surface area contributed by atoms with Gasteiger partial charge in [0.15, 0.2) is 5.82 Å². The number of furan rings is 1. The maximum atomic E-state index is 11.6. The van der Waals surface area contributed by atoms with E-state index >= 15 is 0 Å². The Bertz CT molecular complexity index is 598. The Hall–Kier alpha value is -2.18. The quantitative estimate of drug-likeness (QED) is 0.869. The van der Waals surface area contributed by atoms with E-state index < -0.39 is 11.4 Å². The second-order valence-electron chi connectivity index (χ2n) is 4.90. The third-order valence-corrected chi connectivity index (χ3v) is 3.78. The maximum absolute atomic E-state index is 11.6. The summed E-state index contributed by atoms with van der Waals surface area (Å²) in [5, 5.41) is 21.0. The Balaban J connectivity index is 2.35. The average molecular weight is 278 g/mol. The van der Waals surface area contributed by atoms with E-state index in [1.165, 1.54) is 4.68 Å². The van der Waals surface area contributed by atoms with Crippen molar-refractivity contribution >= 4 is 5.97 Å². The summed E-state index contributed by atoms with van der Waals surface area (Å²) >= 11 is 0. The van der Waals surface area contributed by atoms with Crippen LogP contribution in [0.3, 0.4) is 0 Å². The summed E-state index contributed by atoms with van der Waals surface area (Å²) in [6.45, 7) is 5.80. The monoisotopic (exact) mass is 278 g/mol. The van der Waals surface area contributed by atoms with Crippen LogP contribution in [0.15, 0.2) is 16.7 Å². The van der Waals surface area contributed by atoms with Crippen molar-refractivity contribution in [2.24, 2.45) is 5.41 Å². The van der Waals surface area contributed by atoms with Gasteiger partial charge in [-0.05, 0) is 36.3 Å². The van der Waals surface area contributed by atoms with Crippen molar-refractivity contribution in [1.82, 2.24) is 20.2 Å². The van der Waals surface area contributed by atoms with Gasteiger partial charge in [-0.25, -0.2) is 4.68 Å². The first-order valence-corrected chi connectivity index (χ1v) is 6.57. The number of tetrazole rings is 1. The topological polar surface area (TPSA) is 94.0 Å². The summed E-state index contributed by atoms with van der Waals surface area (Å²) in [5.74, 6) is 0.451. The van der Waals surface area contributed by atoms with E-state index in [0.717, 1.165) is 11.3 Å². The molecule has 0 aliphatic heterocycles. The summed E-state index contributed by atoms with van der Waals surface area (Å²) in [7, 11) is 0. The van der Waals surface area contributed by atoms with E-state index in [2.05, 4.69) is 15.5 Å². The standard InChI is InChI=1S/C13H18N4O3/c1-4-13(5-2,12(18)19)8-17-11(14-15-16-17)10-6-9(3)20-7-10/h6-7H,4-5,8H2,1-3H3,(H,18,19). The van der Waals surface area contributed by atoms with E-state index in [4.69, 9.17) is 4.42 Å². The van der Waals surface area contributed by atoms with Crippen LogP contribution in [0.25, 0.3) is 11.4 Å². The van der Waals surface area contributed by atoms with E-state index in [9.17, 15) is 9.90 Å². The molecular weight excluding hydrogens is 260 g/mol. The minimum Gasteiger partial charge on any atom is -0.481 e. The molecule has 2 aromatic heterocycles. The molecule has 0 atom stereocenters. The molecule has 0 spiro atoms. The van der Waals surface area contributed by atoms with Gasteiger partial charge in [-0.3, -0.25) is 4.79 Å². The molecule has 0 aliphatic rings. The smallest absolute Gasteiger partial charge is 0.311 e. The van der Waals surface area contributed by atoms with E-state index in [1.54, 1.807) is 6.26 Å². The molecule has 0 radical (unpaired) electrons. The van der Waals surface area contributed by atoms with Crippen LogP contribution >= 0.6 is 0 Å². The van der Waals surface area contributed by atoms with Crippen molar-refractivity contribution in [3.05, 3.63) is 18.1 Å². The summed E-state index contributed by atoms with van der Waals surface area (Å²) in [6.07, 6.45) is 2.60. The normalized spacial score (nSPS) is 11.8. The fraction of sp³-hybridized carbons (Fsp3) is 0.538. The molecule has 1 N–H and O–H groups in total. The van der Waals surface area contributed by atoms with Crippen molar-refractivity contribution in [2.45, 2.75) is 40.2 Å². The summed E-state index contributed by atoms with van der Waals surface area (Å²) in [5.41, 5.74) is -0.109.